The standard InChI is InChI=1S/C12H15N5O3S/c1-2-3-9(12(19)20)13-10(18)6-17-15-11(14-16-17)8-4-5-21-7-8/h4-5,7,9H,2-3,6H2,1H3,(H,13,18)(H,19,20)/t9-/m0/s1. The minimum atomic E-state index is -1.05. The Labute approximate surface area is 124 Å². The molecule has 0 bridgehead atoms. The zero-order chi connectivity index (χ0) is 15.2. The lowest BCUT2D eigenvalue weighted by Gasteiger charge is -2.12. The highest BCUT2D eigenvalue weighted by atomic mass is 32.1. The van der Waals surface area contributed by atoms with E-state index in [9.17, 15) is 9.59 Å². The van der Waals surface area contributed by atoms with Gasteiger partial charge in [0.1, 0.15) is 12.6 Å². The van der Waals surface area contributed by atoms with E-state index >= 15 is 0 Å². The van der Waals surface area contributed by atoms with Crippen molar-refractivity contribution in [1.29, 1.82) is 0 Å². The average Bonchev–Trinajstić information content (AvgIpc) is 3.08. The Kier molecular flexibility index (Phi) is 4.99. The number of nitrogens with one attached hydrogen (secondary N) is 1. The molecule has 2 aromatic heterocycles. The molecular formula is C12H15N5O3S. The van der Waals surface area contributed by atoms with Gasteiger partial charge in [-0.2, -0.15) is 16.1 Å². The summed E-state index contributed by atoms with van der Waals surface area (Å²) in [4.78, 5) is 23.9. The van der Waals surface area contributed by atoms with E-state index in [2.05, 4.69) is 20.7 Å². The number of amides is 1. The summed E-state index contributed by atoms with van der Waals surface area (Å²) in [5.74, 6) is -1.06. The van der Waals surface area contributed by atoms with Gasteiger partial charge in [0.15, 0.2) is 0 Å². The minimum absolute atomic E-state index is 0.162. The monoisotopic (exact) mass is 309 g/mol. The van der Waals surface area contributed by atoms with Gasteiger partial charge in [-0.05, 0) is 23.1 Å². The molecule has 0 saturated carbocycles. The molecule has 2 N–H and O–H groups in total. The number of carbonyl (C=O) groups is 2. The van der Waals surface area contributed by atoms with Crippen molar-refractivity contribution < 1.29 is 14.7 Å². The molecule has 0 aliphatic heterocycles. The summed E-state index contributed by atoms with van der Waals surface area (Å²) in [5, 5.41) is 26.9. The van der Waals surface area contributed by atoms with Crippen LogP contribution in [0.15, 0.2) is 16.8 Å². The highest BCUT2D eigenvalue weighted by Crippen LogP contribution is 2.16. The van der Waals surface area contributed by atoms with Crippen LogP contribution < -0.4 is 5.32 Å². The Balaban J connectivity index is 1.95. The summed E-state index contributed by atoms with van der Waals surface area (Å²) in [6.07, 6.45) is 1.05. The molecule has 1 atom stereocenters. The van der Waals surface area contributed by atoms with Crippen LogP contribution in [0.25, 0.3) is 11.4 Å². The lowest BCUT2D eigenvalue weighted by Crippen LogP contribution is -2.42. The maximum Gasteiger partial charge on any atom is 0.326 e. The highest BCUT2D eigenvalue weighted by Gasteiger charge is 2.19. The van der Waals surface area contributed by atoms with Crippen molar-refractivity contribution in [2.75, 3.05) is 0 Å². The first-order valence-electron chi connectivity index (χ1n) is 6.42. The number of tetrazole rings is 1. The van der Waals surface area contributed by atoms with Crippen LogP contribution in [0.3, 0.4) is 0 Å². The second-order valence-electron chi connectivity index (χ2n) is 4.40. The number of carboxylic acid groups (broad SMARTS) is 1. The predicted octanol–water partition coefficient (Wildman–Crippen LogP) is 0.771. The van der Waals surface area contributed by atoms with Gasteiger partial charge >= 0.3 is 5.97 Å². The van der Waals surface area contributed by atoms with Crippen LogP contribution >= 0.6 is 11.3 Å². The molecule has 9 heteroatoms. The van der Waals surface area contributed by atoms with Gasteiger partial charge in [-0.15, -0.1) is 10.2 Å². The Morgan fingerprint density at radius 1 is 1.52 bits per heavy atom. The van der Waals surface area contributed by atoms with Crippen molar-refractivity contribution in [2.45, 2.75) is 32.4 Å². The van der Waals surface area contributed by atoms with E-state index < -0.39 is 17.9 Å². The summed E-state index contributed by atoms with van der Waals surface area (Å²) in [7, 11) is 0. The topological polar surface area (TPSA) is 110 Å². The van der Waals surface area contributed by atoms with Crippen LogP contribution in [0.1, 0.15) is 19.8 Å². The van der Waals surface area contributed by atoms with E-state index in [0.717, 1.165) is 10.4 Å². The second-order valence-corrected chi connectivity index (χ2v) is 5.18. The van der Waals surface area contributed by atoms with E-state index in [1.165, 1.54) is 11.3 Å². The fraction of sp³-hybridized carbons (Fsp3) is 0.417. The normalized spacial score (nSPS) is 12.0. The van der Waals surface area contributed by atoms with Crippen LogP contribution in [0.5, 0.6) is 0 Å². The smallest absolute Gasteiger partial charge is 0.326 e. The van der Waals surface area contributed by atoms with E-state index in [1.807, 2.05) is 23.8 Å². The molecule has 2 aromatic rings. The maximum atomic E-state index is 11.8. The first-order chi connectivity index (χ1) is 10.1. The summed E-state index contributed by atoms with van der Waals surface area (Å²) in [6.45, 7) is 1.69. The van der Waals surface area contributed by atoms with Gasteiger partial charge < -0.3 is 10.4 Å². The Bertz CT molecular complexity index is 610. The van der Waals surface area contributed by atoms with Crippen molar-refractivity contribution >= 4 is 23.2 Å². The quantitative estimate of drug-likeness (QED) is 0.781. The number of hydrogen-bond acceptors (Lipinski definition) is 6. The number of hydrogen-bond donors (Lipinski definition) is 2. The van der Waals surface area contributed by atoms with Crippen LogP contribution in [0.4, 0.5) is 0 Å². The number of aromatic nitrogens is 4. The van der Waals surface area contributed by atoms with Crippen molar-refractivity contribution in [1.82, 2.24) is 25.5 Å². The van der Waals surface area contributed by atoms with Gasteiger partial charge in [-0.3, -0.25) is 4.79 Å². The van der Waals surface area contributed by atoms with Crippen molar-refractivity contribution in [2.24, 2.45) is 0 Å². The maximum absolute atomic E-state index is 11.8. The van der Waals surface area contributed by atoms with Gasteiger partial charge in [0.2, 0.25) is 11.7 Å². The number of carbonyl (C=O) groups excluding carboxylic acids is 1. The predicted molar refractivity (Wildman–Crippen MR) is 75.6 cm³/mol. The van der Waals surface area contributed by atoms with Crippen molar-refractivity contribution in [3.63, 3.8) is 0 Å². The van der Waals surface area contributed by atoms with Crippen molar-refractivity contribution in [3.8, 4) is 11.4 Å². The lowest BCUT2D eigenvalue weighted by atomic mass is 10.2. The SMILES string of the molecule is CCC[C@H](NC(=O)Cn1nnc(-c2ccsc2)n1)C(=O)O. The van der Waals surface area contributed by atoms with Gasteiger partial charge in [0.25, 0.3) is 0 Å². The largest absolute Gasteiger partial charge is 0.480 e. The molecule has 0 aromatic carbocycles. The Hall–Kier alpha value is -2.29. The molecule has 112 valence electrons. The van der Waals surface area contributed by atoms with Crippen LogP contribution in [0, 0.1) is 0 Å². The molecule has 8 nitrogen and oxygen atoms in total. The van der Waals surface area contributed by atoms with Crippen LogP contribution in [-0.4, -0.2) is 43.2 Å². The number of rotatable bonds is 7. The number of nitrogens with zero attached hydrogens (tertiary/aromatic N) is 4. The van der Waals surface area contributed by atoms with Crippen molar-refractivity contribution in [3.05, 3.63) is 16.8 Å². The zero-order valence-electron chi connectivity index (χ0n) is 11.4. The zero-order valence-corrected chi connectivity index (χ0v) is 12.2. The van der Waals surface area contributed by atoms with Gasteiger partial charge in [-0.25, -0.2) is 4.79 Å². The molecule has 0 radical (unpaired) electrons. The fourth-order valence-electron chi connectivity index (χ4n) is 1.73. The molecule has 0 saturated heterocycles. The average molecular weight is 309 g/mol. The molecular weight excluding hydrogens is 294 g/mol. The summed E-state index contributed by atoms with van der Waals surface area (Å²) < 4.78 is 0. The Morgan fingerprint density at radius 3 is 2.95 bits per heavy atom. The first kappa shape index (κ1) is 15.1. The third kappa shape index (κ3) is 4.09. The van der Waals surface area contributed by atoms with E-state index in [0.29, 0.717) is 18.7 Å². The number of aliphatic carboxylic acids is 1. The second kappa shape index (κ2) is 6.93. The molecule has 21 heavy (non-hydrogen) atoms. The molecule has 0 aliphatic rings. The number of thiophene rings is 1. The van der Waals surface area contributed by atoms with E-state index in [4.69, 9.17) is 5.11 Å². The Morgan fingerprint density at radius 2 is 2.33 bits per heavy atom. The molecule has 0 spiro atoms. The first-order valence-corrected chi connectivity index (χ1v) is 7.37. The highest BCUT2D eigenvalue weighted by molar-refractivity contribution is 7.08. The molecule has 0 aliphatic carbocycles. The molecule has 2 rings (SSSR count). The van der Waals surface area contributed by atoms with Gasteiger partial charge in [0, 0.05) is 10.9 Å². The van der Waals surface area contributed by atoms with Crippen LogP contribution in [-0.2, 0) is 16.1 Å². The molecule has 0 fully saturated rings. The fourth-order valence-corrected chi connectivity index (χ4v) is 2.37. The summed E-state index contributed by atoms with van der Waals surface area (Å²) in [5.41, 5.74) is 0.834. The molecule has 1 amide bonds. The van der Waals surface area contributed by atoms with Gasteiger partial charge in [-0.1, -0.05) is 13.3 Å². The van der Waals surface area contributed by atoms with Crippen LogP contribution in [0.2, 0.25) is 0 Å². The van der Waals surface area contributed by atoms with E-state index in [1.54, 1.807) is 0 Å². The number of carboxylic acids is 1. The summed E-state index contributed by atoms with van der Waals surface area (Å²) >= 11 is 1.51. The minimum Gasteiger partial charge on any atom is -0.480 e. The lowest BCUT2D eigenvalue weighted by molar-refractivity contribution is -0.142. The molecule has 2 heterocycles. The molecule has 0 unspecified atom stereocenters. The third-order valence-corrected chi connectivity index (χ3v) is 3.41. The summed E-state index contributed by atoms with van der Waals surface area (Å²) in [6, 6.07) is 0.968. The van der Waals surface area contributed by atoms with Gasteiger partial charge in [0.05, 0.1) is 0 Å². The van der Waals surface area contributed by atoms with E-state index in [-0.39, 0.29) is 6.54 Å². The third-order valence-electron chi connectivity index (χ3n) is 2.73.